The predicted molar refractivity (Wildman–Crippen MR) is 116 cm³/mol. The van der Waals surface area contributed by atoms with Gasteiger partial charge in [-0.05, 0) is 60.0 Å². The number of benzene rings is 1. The molecule has 0 aliphatic carbocycles. The van der Waals surface area contributed by atoms with Crippen LogP contribution in [-0.2, 0) is 16.4 Å². The van der Waals surface area contributed by atoms with Crippen LogP contribution in [0.3, 0.4) is 0 Å². The van der Waals surface area contributed by atoms with E-state index < -0.39 is 15.7 Å². The number of carbonyl (C=O) groups is 1. The van der Waals surface area contributed by atoms with Gasteiger partial charge in [-0.3, -0.25) is 9.78 Å². The van der Waals surface area contributed by atoms with Crippen molar-refractivity contribution in [1.29, 1.82) is 5.41 Å². The zero-order chi connectivity index (χ0) is 21.6. The third kappa shape index (κ3) is 5.83. The standard InChI is InChI=1S/C22H23N3O3S/c1-5-16(11-19(23)6-2)17-9-10-24-20(12-17)14-25-22(26)18-8-7-15(3)21(13-18)29(4,27)28/h5-13,23H,1-2,14H2,3-4H3,(H,25,26)/b16-11+,23-19?. The minimum absolute atomic E-state index is 0.135. The number of rotatable bonds is 8. The molecule has 0 radical (unpaired) electrons. The van der Waals surface area contributed by atoms with Crippen LogP contribution in [0.25, 0.3) is 5.57 Å². The average molecular weight is 410 g/mol. The fourth-order valence-electron chi connectivity index (χ4n) is 2.65. The van der Waals surface area contributed by atoms with Crippen molar-refractivity contribution >= 4 is 27.0 Å². The molecule has 0 aliphatic rings. The van der Waals surface area contributed by atoms with Crippen LogP contribution in [-0.4, -0.2) is 31.3 Å². The van der Waals surface area contributed by atoms with E-state index in [-0.39, 0.29) is 22.7 Å². The normalized spacial score (nSPS) is 11.6. The molecule has 0 saturated carbocycles. The van der Waals surface area contributed by atoms with Crippen molar-refractivity contribution in [2.75, 3.05) is 6.26 Å². The molecule has 0 saturated heterocycles. The second-order valence-electron chi connectivity index (χ2n) is 6.43. The summed E-state index contributed by atoms with van der Waals surface area (Å²) < 4.78 is 23.7. The Labute approximate surface area is 171 Å². The fourth-order valence-corrected chi connectivity index (χ4v) is 3.65. The number of sulfone groups is 1. The van der Waals surface area contributed by atoms with Gasteiger partial charge in [0, 0.05) is 18.0 Å². The molecule has 29 heavy (non-hydrogen) atoms. The molecule has 1 amide bonds. The molecule has 1 heterocycles. The van der Waals surface area contributed by atoms with Crippen molar-refractivity contribution in [3.63, 3.8) is 0 Å². The number of nitrogens with zero attached hydrogens (tertiary/aromatic N) is 1. The molecular weight excluding hydrogens is 386 g/mol. The lowest BCUT2D eigenvalue weighted by atomic mass is 10.0. The van der Waals surface area contributed by atoms with Crippen molar-refractivity contribution in [3.05, 3.63) is 90.3 Å². The van der Waals surface area contributed by atoms with Crippen molar-refractivity contribution < 1.29 is 13.2 Å². The summed E-state index contributed by atoms with van der Waals surface area (Å²) in [6.07, 6.45) is 7.42. The van der Waals surface area contributed by atoms with Gasteiger partial charge in [0.2, 0.25) is 0 Å². The molecule has 0 unspecified atom stereocenters. The number of aromatic nitrogens is 1. The lowest BCUT2D eigenvalue weighted by molar-refractivity contribution is 0.0950. The number of carbonyl (C=O) groups excluding carboxylic acids is 1. The molecular formula is C22H23N3O3S. The Hall–Kier alpha value is -3.32. The third-order valence-electron chi connectivity index (χ3n) is 4.18. The Morgan fingerprint density at radius 2 is 1.90 bits per heavy atom. The van der Waals surface area contributed by atoms with Crippen LogP contribution in [0, 0.1) is 12.3 Å². The zero-order valence-corrected chi connectivity index (χ0v) is 17.2. The number of pyridine rings is 1. The Morgan fingerprint density at radius 3 is 2.52 bits per heavy atom. The smallest absolute Gasteiger partial charge is 0.251 e. The Balaban J connectivity index is 2.20. The average Bonchev–Trinajstić information content (AvgIpc) is 2.69. The summed E-state index contributed by atoms with van der Waals surface area (Å²) in [7, 11) is -3.42. The first-order valence-electron chi connectivity index (χ1n) is 8.75. The van der Waals surface area contributed by atoms with Crippen LogP contribution in [0.5, 0.6) is 0 Å². The maximum Gasteiger partial charge on any atom is 0.251 e. The van der Waals surface area contributed by atoms with E-state index in [0.29, 0.717) is 11.3 Å². The molecule has 6 nitrogen and oxygen atoms in total. The van der Waals surface area contributed by atoms with E-state index in [0.717, 1.165) is 17.4 Å². The van der Waals surface area contributed by atoms with Crippen molar-refractivity contribution in [1.82, 2.24) is 10.3 Å². The van der Waals surface area contributed by atoms with Crippen LogP contribution in [0.1, 0.15) is 27.2 Å². The van der Waals surface area contributed by atoms with Crippen LogP contribution < -0.4 is 5.32 Å². The maximum absolute atomic E-state index is 12.5. The highest BCUT2D eigenvalue weighted by Crippen LogP contribution is 2.18. The van der Waals surface area contributed by atoms with Crippen LogP contribution in [0.15, 0.2) is 72.8 Å². The van der Waals surface area contributed by atoms with Gasteiger partial charge >= 0.3 is 0 Å². The maximum atomic E-state index is 12.5. The molecule has 2 N–H and O–H groups in total. The summed E-state index contributed by atoms with van der Waals surface area (Å²) in [6, 6.07) is 8.15. The van der Waals surface area contributed by atoms with Gasteiger partial charge in [0.15, 0.2) is 9.84 Å². The summed E-state index contributed by atoms with van der Waals surface area (Å²) in [4.78, 5) is 16.8. The molecule has 0 aliphatic heterocycles. The molecule has 1 aromatic carbocycles. The van der Waals surface area contributed by atoms with E-state index in [4.69, 9.17) is 5.41 Å². The molecule has 7 heteroatoms. The summed E-state index contributed by atoms with van der Waals surface area (Å²) in [5.41, 5.74) is 3.27. The number of aryl methyl sites for hydroxylation is 1. The third-order valence-corrected chi connectivity index (χ3v) is 5.42. The summed E-state index contributed by atoms with van der Waals surface area (Å²) >= 11 is 0. The predicted octanol–water partition coefficient (Wildman–Crippen LogP) is 3.50. The van der Waals surface area contributed by atoms with Crippen LogP contribution in [0.2, 0.25) is 0 Å². The van der Waals surface area contributed by atoms with Gasteiger partial charge in [-0.1, -0.05) is 25.3 Å². The van der Waals surface area contributed by atoms with Crippen LogP contribution >= 0.6 is 0 Å². The number of allylic oxidation sites excluding steroid dienone is 4. The zero-order valence-electron chi connectivity index (χ0n) is 16.4. The second kappa shape index (κ2) is 9.25. The Morgan fingerprint density at radius 1 is 1.17 bits per heavy atom. The first-order chi connectivity index (χ1) is 13.7. The van der Waals surface area contributed by atoms with E-state index in [1.165, 1.54) is 12.1 Å². The van der Waals surface area contributed by atoms with E-state index in [1.54, 1.807) is 49.5 Å². The summed E-state index contributed by atoms with van der Waals surface area (Å²) in [5.74, 6) is -0.393. The molecule has 0 fully saturated rings. The Kier molecular flexibility index (Phi) is 7.01. The number of nitrogens with one attached hydrogen (secondary N) is 2. The van der Waals surface area contributed by atoms with Gasteiger partial charge in [0.1, 0.15) is 0 Å². The quantitative estimate of drug-likeness (QED) is 0.515. The van der Waals surface area contributed by atoms with E-state index >= 15 is 0 Å². The lowest BCUT2D eigenvalue weighted by Crippen LogP contribution is -2.23. The van der Waals surface area contributed by atoms with Gasteiger partial charge in [0.25, 0.3) is 5.91 Å². The first kappa shape index (κ1) is 22.0. The first-order valence-corrected chi connectivity index (χ1v) is 10.6. The monoisotopic (exact) mass is 409 g/mol. The lowest BCUT2D eigenvalue weighted by Gasteiger charge is -2.09. The second-order valence-corrected chi connectivity index (χ2v) is 8.42. The van der Waals surface area contributed by atoms with E-state index in [1.807, 2.05) is 0 Å². The highest BCUT2D eigenvalue weighted by atomic mass is 32.2. The fraction of sp³-hybridized carbons (Fsp3) is 0.136. The molecule has 0 bridgehead atoms. The highest BCUT2D eigenvalue weighted by Gasteiger charge is 2.15. The molecule has 0 atom stereocenters. The molecule has 150 valence electrons. The van der Waals surface area contributed by atoms with Crippen molar-refractivity contribution in [2.24, 2.45) is 0 Å². The highest BCUT2D eigenvalue weighted by molar-refractivity contribution is 7.90. The van der Waals surface area contributed by atoms with Gasteiger partial charge in [-0.25, -0.2) is 8.42 Å². The minimum atomic E-state index is -3.42. The SMILES string of the molecule is C=CC(=N)/C=C(\C=C)c1ccnc(CNC(=O)c2ccc(C)c(S(C)(=O)=O)c2)c1. The molecule has 1 aromatic heterocycles. The number of hydrogen-bond acceptors (Lipinski definition) is 5. The number of hydrogen-bond donors (Lipinski definition) is 2. The largest absolute Gasteiger partial charge is 0.346 e. The van der Waals surface area contributed by atoms with E-state index in [9.17, 15) is 13.2 Å². The summed E-state index contributed by atoms with van der Waals surface area (Å²) in [5, 5.41) is 10.5. The van der Waals surface area contributed by atoms with Gasteiger partial charge in [-0.15, -0.1) is 0 Å². The van der Waals surface area contributed by atoms with Gasteiger partial charge in [-0.2, -0.15) is 0 Å². The molecule has 2 rings (SSSR count). The Bertz CT molecular complexity index is 1120. The van der Waals surface area contributed by atoms with Crippen LogP contribution in [0.4, 0.5) is 0 Å². The molecule has 2 aromatic rings. The van der Waals surface area contributed by atoms with Gasteiger partial charge in [0.05, 0.1) is 22.8 Å². The van der Waals surface area contributed by atoms with E-state index in [2.05, 4.69) is 23.5 Å². The van der Waals surface area contributed by atoms with Gasteiger partial charge < -0.3 is 10.7 Å². The topological polar surface area (TPSA) is 100.0 Å². The number of amides is 1. The van der Waals surface area contributed by atoms with Crippen molar-refractivity contribution in [2.45, 2.75) is 18.4 Å². The van der Waals surface area contributed by atoms with Crippen molar-refractivity contribution in [3.8, 4) is 0 Å². The molecule has 0 spiro atoms. The summed E-state index contributed by atoms with van der Waals surface area (Å²) in [6.45, 7) is 9.18. The minimum Gasteiger partial charge on any atom is -0.346 e.